The van der Waals surface area contributed by atoms with E-state index in [-0.39, 0.29) is 0 Å². The average molecular weight is 328 g/mol. The SMILES string of the molecule is COc1ccc(Nc2nccc(-c3ncc(C)s3)n2)cc1OC. The molecule has 0 unspecified atom stereocenters. The summed E-state index contributed by atoms with van der Waals surface area (Å²) in [6.45, 7) is 2.02. The first-order chi connectivity index (χ1) is 11.2. The Morgan fingerprint density at radius 3 is 2.57 bits per heavy atom. The molecule has 2 aromatic heterocycles. The summed E-state index contributed by atoms with van der Waals surface area (Å²) in [5.74, 6) is 1.82. The Morgan fingerprint density at radius 2 is 1.87 bits per heavy atom. The molecule has 0 atom stereocenters. The number of benzene rings is 1. The van der Waals surface area contributed by atoms with Gasteiger partial charge in [0.1, 0.15) is 10.7 Å². The molecular formula is C16H16N4O2S. The third-order valence-corrected chi connectivity index (χ3v) is 4.07. The highest BCUT2D eigenvalue weighted by molar-refractivity contribution is 7.14. The fourth-order valence-electron chi connectivity index (χ4n) is 2.05. The number of thiazole rings is 1. The standard InChI is InChI=1S/C16H16N4O2S/c1-10-9-18-15(23-10)12-6-7-17-16(20-12)19-11-4-5-13(21-2)14(8-11)22-3/h4-9H,1-3H3,(H,17,19,20). The van der Waals surface area contributed by atoms with Crippen LogP contribution in [0.5, 0.6) is 11.5 Å². The van der Waals surface area contributed by atoms with Gasteiger partial charge < -0.3 is 14.8 Å². The van der Waals surface area contributed by atoms with Crippen LogP contribution in [0.15, 0.2) is 36.7 Å². The van der Waals surface area contributed by atoms with Gasteiger partial charge in [-0.3, -0.25) is 0 Å². The molecule has 0 bridgehead atoms. The maximum absolute atomic E-state index is 5.30. The van der Waals surface area contributed by atoms with Gasteiger partial charge in [-0.15, -0.1) is 11.3 Å². The minimum atomic E-state index is 0.502. The van der Waals surface area contributed by atoms with Crippen molar-refractivity contribution in [3.05, 3.63) is 41.5 Å². The van der Waals surface area contributed by atoms with Crippen molar-refractivity contribution in [3.8, 4) is 22.2 Å². The largest absolute Gasteiger partial charge is 0.493 e. The lowest BCUT2D eigenvalue weighted by molar-refractivity contribution is 0.355. The second-order valence-corrected chi connectivity index (χ2v) is 5.97. The van der Waals surface area contributed by atoms with Gasteiger partial charge in [0.2, 0.25) is 5.95 Å². The summed E-state index contributed by atoms with van der Waals surface area (Å²) in [6.07, 6.45) is 3.55. The van der Waals surface area contributed by atoms with Crippen LogP contribution in [0.3, 0.4) is 0 Å². The first kappa shape index (κ1) is 15.2. The van der Waals surface area contributed by atoms with E-state index < -0.39 is 0 Å². The lowest BCUT2D eigenvalue weighted by Gasteiger charge is -2.10. The third-order valence-electron chi connectivity index (χ3n) is 3.14. The summed E-state index contributed by atoms with van der Waals surface area (Å²) < 4.78 is 10.5. The molecule has 0 saturated carbocycles. The van der Waals surface area contributed by atoms with Crippen LogP contribution in [0.1, 0.15) is 4.88 Å². The quantitative estimate of drug-likeness (QED) is 0.770. The molecule has 1 N–H and O–H groups in total. The molecule has 6 nitrogen and oxygen atoms in total. The first-order valence-electron chi connectivity index (χ1n) is 6.94. The number of hydrogen-bond donors (Lipinski definition) is 1. The molecule has 0 aliphatic rings. The lowest BCUT2D eigenvalue weighted by Crippen LogP contribution is -1.99. The molecule has 0 amide bonds. The van der Waals surface area contributed by atoms with E-state index in [9.17, 15) is 0 Å². The number of anilines is 2. The Balaban J connectivity index is 1.86. The minimum absolute atomic E-state index is 0.502. The lowest BCUT2D eigenvalue weighted by atomic mass is 10.3. The maximum atomic E-state index is 5.30. The number of nitrogens with zero attached hydrogens (tertiary/aromatic N) is 3. The van der Waals surface area contributed by atoms with Gasteiger partial charge >= 0.3 is 0 Å². The zero-order valence-electron chi connectivity index (χ0n) is 13.0. The van der Waals surface area contributed by atoms with Crippen LogP contribution in [-0.4, -0.2) is 29.2 Å². The Hall–Kier alpha value is -2.67. The van der Waals surface area contributed by atoms with E-state index in [0.29, 0.717) is 17.4 Å². The minimum Gasteiger partial charge on any atom is -0.493 e. The first-order valence-corrected chi connectivity index (χ1v) is 7.76. The molecular weight excluding hydrogens is 312 g/mol. The molecule has 118 valence electrons. The van der Waals surface area contributed by atoms with Gasteiger partial charge in [0, 0.05) is 29.0 Å². The predicted octanol–water partition coefficient (Wildman–Crippen LogP) is 3.67. The molecule has 3 rings (SSSR count). The molecule has 0 fully saturated rings. The average Bonchev–Trinajstić information content (AvgIpc) is 3.01. The number of rotatable bonds is 5. The zero-order valence-corrected chi connectivity index (χ0v) is 13.8. The number of methoxy groups -OCH3 is 2. The van der Waals surface area contributed by atoms with Crippen LogP contribution < -0.4 is 14.8 Å². The molecule has 7 heteroatoms. The molecule has 1 aromatic carbocycles. The number of hydrogen-bond acceptors (Lipinski definition) is 7. The van der Waals surface area contributed by atoms with Crippen molar-refractivity contribution in [3.63, 3.8) is 0 Å². The second-order valence-electron chi connectivity index (χ2n) is 4.74. The van der Waals surface area contributed by atoms with Crippen LogP contribution in [0.25, 0.3) is 10.7 Å². The van der Waals surface area contributed by atoms with Gasteiger partial charge in [0.15, 0.2) is 11.5 Å². The van der Waals surface area contributed by atoms with Crippen LogP contribution in [0.4, 0.5) is 11.6 Å². The predicted molar refractivity (Wildman–Crippen MR) is 90.7 cm³/mol. The number of nitrogens with one attached hydrogen (secondary N) is 1. The molecule has 0 aliphatic carbocycles. The van der Waals surface area contributed by atoms with E-state index in [2.05, 4.69) is 20.3 Å². The summed E-state index contributed by atoms with van der Waals surface area (Å²) in [5, 5.41) is 4.04. The number of ether oxygens (including phenoxy) is 2. The van der Waals surface area contributed by atoms with Gasteiger partial charge in [-0.05, 0) is 25.1 Å². The van der Waals surface area contributed by atoms with Crippen LogP contribution >= 0.6 is 11.3 Å². The van der Waals surface area contributed by atoms with Crippen molar-refractivity contribution in [2.45, 2.75) is 6.92 Å². The Kier molecular flexibility index (Phi) is 4.38. The maximum Gasteiger partial charge on any atom is 0.227 e. The molecule has 0 radical (unpaired) electrons. The van der Waals surface area contributed by atoms with Gasteiger partial charge in [0.25, 0.3) is 0 Å². The third kappa shape index (κ3) is 3.40. The molecule has 3 aromatic rings. The van der Waals surface area contributed by atoms with Gasteiger partial charge in [0.05, 0.1) is 14.2 Å². The highest BCUT2D eigenvalue weighted by Gasteiger charge is 2.08. The van der Waals surface area contributed by atoms with Gasteiger partial charge in [-0.2, -0.15) is 0 Å². The van der Waals surface area contributed by atoms with E-state index in [1.807, 2.05) is 37.4 Å². The van der Waals surface area contributed by atoms with Gasteiger partial charge in [-0.25, -0.2) is 15.0 Å². The van der Waals surface area contributed by atoms with Crippen molar-refractivity contribution >= 4 is 23.0 Å². The summed E-state index contributed by atoms with van der Waals surface area (Å²) in [5.41, 5.74) is 1.61. The molecule has 23 heavy (non-hydrogen) atoms. The van der Waals surface area contributed by atoms with Crippen LogP contribution in [0.2, 0.25) is 0 Å². The van der Waals surface area contributed by atoms with Crippen LogP contribution in [0, 0.1) is 6.92 Å². The monoisotopic (exact) mass is 328 g/mol. The molecule has 2 heterocycles. The second kappa shape index (κ2) is 6.62. The van der Waals surface area contributed by atoms with E-state index in [1.165, 1.54) is 0 Å². The van der Waals surface area contributed by atoms with Crippen molar-refractivity contribution in [1.82, 2.24) is 15.0 Å². The topological polar surface area (TPSA) is 69.2 Å². The van der Waals surface area contributed by atoms with Crippen molar-refractivity contribution in [1.29, 1.82) is 0 Å². The zero-order chi connectivity index (χ0) is 16.2. The normalized spacial score (nSPS) is 10.4. The molecule has 0 spiro atoms. The van der Waals surface area contributed by atoms with Crippen molar-refractivity contribution in [2.75, 3.05) is 19.5 Å². The van der Waals surface area contributed by atoms with E-state index >= 15 is 0 Å². The molecule has 0 aliphatic heterocycles. The van der Waals surface area contributed by atoms with Crippen LogP contribution in [-0.2, 0) is 0 Å². The summed E-state index contributed by atoms with van der Waals surface area (Å²) >= 11 is 1.60. The Morgan fingerprint density at radius 1 is 1.04 bits per heavy atom. The molecule has 0 saturated heterocycles. The Labute approximate surface area is 138 Å². The fourth-order valence-corrected chi connectivity index (χ4v) is 2.79. The summed E-state index contributed by atoms with van der Waals surface area (Å²) in [4.78, 5) is 14.2. The number of aryl methyl sites for hydroxylation is 1. The fraction of sp³-hybridized carbons (Fsp3) is 0.188. The van der Waals surface area contributed by atoms with Crippen molar-refractivity contribution < 1.29 is 9.47 Å². The Bertz CT molecular complexity index is 819. The summed E-state index contributed by atoms with van der Waals surface area (Å²) in [6, 6.07) is 7.39. The smallest absolute Gasteiger partial charge is 0.227 e. The van der Waals surface area contributed by atoms with E-state index in [0.717, 1.165) is 21.3 Å². The highest BCUT2D eigenvalue weighted by atomic mass is 32.1. The highest BCUT2D eigenvalue weighted by Crippen LogP contribution is 2.31. The van der Waals surface area contributed by atoms with Crippen molar-refractivity contribution in [2.24, 2.45) is 0 Å². The summed E-state index contributed by atoms with van der Waals surface area (Å²) in [7, 11) is 3.21. The van der Waals surface area contributed by atoms with Gasteiger partial charge in [-0.1, -0.05) is 0 Å². The van der Waals surface area contributed by atoms with E-state index in [4.69, 9.17) is 9.47 Å². The van der Waals surface area contributed by atoms with E-state index in [1.54, 1.807) is 31.8 Å². The number of aromatic nitrogens is 3.